The zero-order chi connectivity index (χ0) is 14.3. The van der Waals surface area contributed by atoms with E-state index in [2.05, 4.69) is 0 Å². The van der Waals surface area contributed by atoms with Crippen LogP contribution < -0.4 is 11.1 Å². The van der Waals surface area contributed by atoms with Crippen LogP contribution >= 0.6 is 0 Å². The van der Waals surface area contributed by atoms with E-state index in [-0.39, 0.29) is 6.61 Å². The number of nitrogens with one attached hydrogen (secondary N) is 1. The number of carbonyl (C=O) groups excluding carboxylic acids is 2. The van der Waals surface area contributed by atoms with Crippen LogP contribution in [0.3, 0.4) is 0 Å². The number of carboxylic acid groups (broad SMARTS) is 1. The normalized spacial score (nSPS) is 11.4. The average Bonchev–Trinajstić information content (AvgIpc) is 2.36. The van der Waals surface area contributed by atoms with Gasteiger partial charge in [0.15, 0.2) is 0 Å². The monoisotopic (exact) mass is 266 g/mol. The van der Waals surface area contributed by atoms with E-state index >= 15 is 0 Å². The Morgan fingerprint density at radius 1 is 1.26 bits per heavy atom. The van der Waals surface area contributed by atoms with Crippen molar-refractivity contribution in [2.75, 3.05) is 0 Å². The van der Waals surface area contributed by atoms with E-state index in [0.29, 0.717) is 0 Å². The van der Waals surface area contributed by atoms with Crippen LogP contribution in [0.25, 0.3) is 0 Å². The van der Waals surface area contributed by atoms with E-state index in [1.54, 1.807) is 24.3 Å². The molecule has 7 nitrogen and oxygen atoms in total. The van der Waals surface area contributed by atoms with Crippen LogP contribution in [0.4, 0.5) is 4.79 Å². The topological polar surface area (TPSA) is 119 Å². The molecule has 0 heterocycles. The number of alkyl carbamates (subject to hydrolysis) is 1. The Morgan fingerprint density at radius 3 is 2.47 bits per heavy atom. The summed E-state index contributed by atoms with van der Waals surface area (Å²) in [4.78, 5) is 32.9. The summed E-state index contributed by atoms with van der Waals surface area (Å²) in [6.45, 7) is 0.00806. The maximum atomic E-state index is 11.3. The number of benzene rings is 1. The number of aliphatic carboxylic acids is 1. The number of hydrogen-bond donors (Lipinski definition) is 3. The largest absolute Gasteiger partial charge is 0.481 e. The summed E-state index contributed by atoms with van der Waals surface area (Å²) in [5.41, 5.74) is 6.04. The highest BCUT2D eigenvalue weighted by Crippen LogP contribution is 2.00. The van der Waals surface area contributed by atoms with Gasteiger partial charge in [-0.15, -0.1) is 0 Å². The molecule has 102 valence electrons. The summed E-state index contributed by atoms with van der Waals surface area (Å²) < 4.78 is 4.78. The molecule has 7 heteroatoms. The highest BCUT2D eigenvalue weighted by Gasteiger charge is 2.19. The lowest BCUT2D eigenvalue weighted by Gasteiger charge is -2.09. The van der Waals surface area contributed by atoms with Gasteiger partial charge in [-0.05, 0) is 5.56 Å². The summed E-state index contributed by atoms with van der Waals surface area (Å²) in [5, 5.41) is 10.3. The van der Waals surface area contributed by atoms with Crippen LogP contribution in [-0.2, 0) is 20.9 Å². The summed E-state index contributed by atoms with van der Waals surface area (Å²) >= 11 is 0. The zero-order valence-electron chi connectivity index (χ0n) is 10.0. The van der Waals surface area contributed by atoms with Crippen molar-refractivity contribution in [1.29, 1.82) is 0 Å². The highest BCUT2D eigenvalue weighted by molar-refractivity contribution is 5.96. The molecule has 0 saturated heterocycles. The molecule has 1 atom stereocenters. The van der Waals surface area contributed by atoms with Crippen molar-refractivity contribution < 1.29 is 24.2 Å². The lowest BCUT2D eigenvalue weighted by atomic mass is 10.2. The number of nitrogens with two attached hydrogens (primary N) is 1. The molecule has 1 aromatic carbocycles. The number of hydrogen-bond acceptors (Lipinski definition) is 5. The van der Waals surface area contributed by atoms with Crippen molar-refractivity contribution in [1.82, 2.24) is 5.32 Å². The molecule has 0 aliphatic heterocycles. The minimum absolute atomic E-state index is 0.00806. The second-order valence-electron chi connectivity index (χ2n) is 3.76. The Bertz CT molecular complexity index is 460. The number of ether oxygens (including phenoxy) is 1. The quantitative estimate of drug-likeness (QED) is 0.702. The van der Waals surface area contributed by atoms with Crippen molar-refractivity contribution in [2.45, 2.75) is 19.1 Å². The van der Waals surface area contributed by atoms with Gasteiger partial charge < -0.3 is 15.6 Å². The van der Waals surface area contributed by atoms with E-state index in [4.69, 9.17) is 15.6 Å². The molecule has 0 aliphatic carbocycles. The van der Waals surface area contributed by atoms with Crippen LogP contribution in [-0.4, -0.2) is 29.1 Å². The van der Waals surface area contributed by atoms with Crippen LogP contribution in [0, 0.1) is 0 Å². The molecule has 0 saturated carbocycles. The third kappa shape index (κ3) is 5.64. The number of carboxylic acids is 1. The van der Waals surface area contributed by atoms with Crippen molar-refractivity contribution in [3.63, 3.8) is 0 Å². The van der Waals surface area contributed by atoms with Crippen LogP contribution in [0.2, 0.25) is 0 Å². The number of carbonyl (C=O) groups is 3. The molecule has 0 fully saturated rings. The predicted octanol–water partition coefficient (Wildman–Crippen LogP) is 0.241. The number of amides is 2. The van der Waals surface area contributed by atoms with Crippen molar-refractivity contribution >= 4 is 18.0 Å². The second-order valence-corrected chi connectivity index (χ2v) is 3.76. The molecule has 0 unspecified atom stereocenters. The van der Waals surface area contributed by atoms with E-state index < -0.39 is 30.4 Å². The molecule has 0 spiro atoms. The van der Waals surface area contributed by atoms with Crippen molar-refractivity contribution in [3.05, 3.63) is 35.9 Å². The van der Waals surface area contributed by atoms with Crippen LogP contribution in [0.5, 0.6) is 0 Å². The van der Waals surface area contributed by atoms with E-state index in [9.17, 15) is 14.4 Å². The minimum atomic E-state index is -1.29. The predicted molar refractivity (Wildman–Crippen MR) is 65.0 cm³/mol. The van der Waals surface area contributed by atoms with Gasteiger partial charge in [0.2, 0.25) is 5.91 Å². The standard InChI is InChI=1S/C12H14N2O5/c13-9(6-10(15)16)11(17)14-12(18)19-7-8-4-2-1-3-5-8/h1-5,9H,6-7,13H2,(H,15,16)(H,14,17,18)/t9-/m0/s1. The maximum Gasteiger partial charge on any atom is 0.414 e. The molecule has 0 bridgehead atoms. The first-order chi connectivity index (χ1) is 8.99. The molecule has 0 aromatic heterocycles. The summed E-state index contributed by atoms with van der Waals surface area (Å²) in [6.07, 6.45) is -1.52. The summed E-state index contributed by atoms with van der Waals surface area (Å²) in [5.74, 6) is -2.11. The molecular formula is C12H14N2O5. The first-order valence-corrected chi connectivity index (χ1v) is 5.48. The lowest BCUT2D eigenvalue weighted by molar-refractivity contribution is -0.139. The Labute approximate surface area is 109 Å². The molecule has 0 radical (unpaired) electrons. The molecule has 1 rings (SSSR count). The van der Waals surface area contributed by atoms with Gasteiger partial charge in [-0.3, -0.25) is 14.9 Å². The van der Waals surface area contributed by atoms with Gasteiger partial charge in [-0.1, -0.05) is 30.3 Å². The fourth-order valence-electron chi connectivity index (χ4n) is 1.23. The van der Waals surface area contributed by atoms with Gasteiger partial charge in [-0.2, -0.15) is 0 Å². The first-order valence-electron chi connectivity index (χ1n) is 5.48. The zero-order valence-corrected chi connectivity index (χ0v) is 10.0. The van der Waals surface area contributed by atoms with Crippen molar-refractivity contribution in [3.8, 4) is 0 Å². The second kappa shape index (κ2) is 7.12. The molecule has 4 N–H and O–H groups in total. The van der Waals surface area contributed by atoms with E-state index in [1.165, 1.54) is 0 Å². The first kappa shape index (κ1) is 14.7. The molecule has 1 aromatic rings. The van der Waals surface area contributed by atoms with Gasteiger partial charge in [0.05, 0.1) is 12.5 Å². The summed E-state index contributed by atoms with van der Waals surface area (Å²) in [6, 6.07) is 7.60. The van der Waals surface area contributed by atoms with E-state index in [0.717, 1.165) is 5.56 Å². The fourth-order valence-corrected chi connectivity index (χ4v) is 1.23. The Hall–Kier alpha value is -2.41. The van der Waals surface area contributed by atoms with Gasteiger partial charge in [-0.25, -0.2) is 4.79 Å². The Morgan fingerprint density at radius 2 is 1.89 bits per heavy atom. The molecule has 19 heavy (non-hydrogen) atoms. The van der Waals surface area contributed by atoms with Crippen LogP contribution in [0.1, 0.15) is 12.0 Å². The number of imide groups is 1. The Balaban J connectivity index is 2.35. The van der Waals surface area contributed by atoms with Crippen LogP contribution in [0.15, 0.2) is 30.3 Å². The van der Waals surface area contributed by atoms with Gasteiger partial charge in [0.1, 0.15) is 6.61 Å². The smallest absolute Gasteiger partial charge is 0.414 e. The third-order valence-corrected chi connectivity index (χ3v) is 2.17. The van der Waals surface area contributed by atoms with Gasteiger partial charge in [0.25, 0.3) is 0 Å². The summed E-state index contributed by atoms with van der Waals surface area (Å²) in [7, 11) is 0. The molecule has 2 amide bonds. The van der Waals surface area contributed by atoms with Crippen molar-refractivity contribution in [2.24, 2.45) is 5.73 Å². The maximum absolute atomic E-state index is 11.3. The third-order valence-electron chi connectivity index (χ3n) is 2.17. The molecule has 0 aliphatic rings. The number of rotatable bonds is 5. The SMILES string of the molecule is N[C@@H](CC(=O)O)C(=O)NC(=O)OCc1ccccc1. The molecular weight excluding hydrogens is 252 g/mol. The average molecular weight is 266 g/mol. The fraction of sp³-hybridized carbons (Fsp3) is 0.250. The van der Waals surface area contributed by atoms with Gasteiger partial charge >= 0.3 is 12.1 Å². The van der Waals surface area contributed by atoms with Gasteiger partial charge in [0, 0.05) is 0 Å². The Kier molecular flexibility index (Phi) is 5.49. The lowest BCUT2D eigenvalue weighted by Crippen LogP contribution is -2.44. The highest BCUT2D eigenvalue weighted by atomic mass is 16.5. The minimum Gasteiger partial charge on any atom is -0.481 e. The van der Waals surface area contributed by atoms with E-state index in [1.807, 2.05) is 11.4 Å².